The molecule has 0 fully saturated rings. The standard InChI is InChI=1S/C20H25F3N2O/c1-3-25(4-2)14-13-24-15-16-5-9-18(10-6-16)26-19-11-7-17(8-12-19)20(21,22)23/h5-12,24H,3-4,13-15H2,1-2H3. The molecule has 0 aliphatic heterocycles. The summed E-state index contributed by atoms with van der Waals surface area (Å²) in [6.07, 6.45) is -4.33. The summed E-state index contributed by atoms with van der Waals surface area (Å²) in [5.74, 6) is 0.972. The predicted octanol–water partition coefficient (Wildman–Crippen LogP) is 4.93. The van der Waals surface area contributed by atoms with Crippen LogP contribution in [0, 0.1) is 0 Å². The van der Waals surface area contributed by atoms with Crippen LogP contribution in [0.1, 0.15) is 25.0 Å². The molecule has 0 saturated heterocycles. The fourth-order valence-electron chi connectivity index (χ4n) is 2.53. The number of benzene rings is 2. The second-order valence-corrected chi connectivity index (χ2v) is 5.97. The van der Waals surface area contributed by atoms with Crippen LogP contribution in [0.5, 0.6) is 11.5 Å². The Bertz CT molecular complexity index is 650. The molecule has 0 unspecified atom stereocenters. The second kappa shape index (κ2) is 9.59. The van der Waals surface area contributed by atoms with Crippen molar-refractivity contribution in [3.05, 3.63) is 59.7 Å². The van der Waals surface area contributed by atoms with Crippen molar-refractivity contribution in [2.45, 2.75) is 26.6 Å². The summed E-state index contributed by atoms with van der Waals surface area (Å²) in [5.41, 5.74) is 0.445. The first kappa shape index (κ1) is 20.3. The molecule has 3 nitrogen and oxygen atoms in total. The molecule has 26 heavy (non-hydrogen) atoms. The van der Waals surface area contributed by atoms with E-state index in [1.165, 1.54) is 12.1 Å². The van der Waals surface area contributed by atoms with Crippen LogP contribution in [0.3, 0.4) is 0 Å². The Kier molecular flexibility index (Phi) is 7.48. The van der Waals surface area contributed by atoms with E-state index in [1.54, 1.807) is 0 Å². The van der Waals surface area contributed by atoms with Gasteiger partial charge < -0.3 is 15.0 Å². The molecule has 0 heterocycles. The number of ether oxygens (including phenoxy) is 1. The van der Waals surface area contributed by atoms with Gasteiger partial charge in [0.2, 0.25) is 0 Å². The van der Waals surface area contributed by atoms with Gasteiger partial charge >= 0.3 is 6.18 Å². The minimum absolute atomic E-state index is 0.378. The summed E-state index contributed by atoms with van der Waals surface area (Å²) >= 11 is 0. The second-order valence-electron chi connectivity index (χ2n) is 5.97. The molecule has 0 bridgehead atoms. The molecular formula is C20H25F3N2O. The minimum Gasteiger partial charge on any atom is -0.457 e. The molecule has 142 valence electrons. The third-order valence-corrected chi connectivity index (χ3v) is 4.17. The van der Waals surface area contributed by atoms with Crippen molar-refractivity contribution in [2.24, 2.45) is 0 Å². The fourth-order valence-corrected chi connectivity index (χ4v) is 2.53. The van der Waals surface area contributed by atoms with Crippen molar-refractivity contribution >= 4 is 0 Å². The van der Waals surface area contributed by atoms with Crippen LogP contribution in [-0.4, -0.2) is 31.1 Å². The van der Waals surface area contributed by atoms with Crippen molar-refractivity contribution < 1.29 is 17.9 Å². The molecule has 0 amide bonds. The number of hydrogen-bond acceptors (Lipinski definition) is 3. The van der Waals surface area contributed by atoms with Crippen molar-refractivity contribution in [1.82, 2.24) is 10.2 Å². The normalized spacial score (nSPS) is 11.8. The van der Waals surface area contributed by atoms with E-state index in [9.17, 15) is 13.2 Å². The molecule has 2 rings (SSSR count). The van der Waals surface area contributed by atoms with E-state index in [1.807, 2.05) is 24.3 Å². The highest BCUT2D eigenvalue weighted by Crippen LogP contribution is 2.31. The van der Waals surface area contributed by atoms with Crippen LogP contribution in [0.15, 0.2) is 48.5 Å². The van der Waals surface area contributed by atoms with Gasteiger partial charge in [0, 0.05) is 19.6 Å². The average molecular weight is 366 g/mol. The Morgan fingerprint density at radius 1 is 0.885 bits per heavy atom. The lowest BCUT2D eigenvalue weighted by molar-refractivity contribution is -0.137. The summed E-state index contributed by atoms with van der Waals surface area (Å²) in [6, 6.07) is 12.2. The number of hydrogen-bond donors (Lipinski definition) is 1. The summed E-state index contributed by atoms with van der Waals surface area (Å²) in [7, 11) is 0. The van der Waals surface area contributed by atoms with E-state index in [-0.39, 0.29) is 0 Å². The Balaban J connectivity index is 1.82. The van der Waals surface area contributed by atoms with Crippen LogP contribution >= 0.6 is 0 Å². The van der Waals surface area contributed by atoms with E-state index in [2.05, 4.69) is 24.1 Å². The van der Waals surface area contributed by atoms with Crippen molar-refractivity contribution in [3.8, 4) is 11.5 Å². The van der Waals surface area contributed by atoms with Gasteiger partial charge in [0.05, 0.1) is 5.56 Å². The summed E-state index contributed by atoms with van der Waals surface area (Å²) in [4.78, 5) is 2.36. The molecule has 1 N–H and O–H groups in total. The number of nitrogens with one attached hydrogen (secondary N) is 1. The Morgan fingerprint density at radius 3 is 1.92 bits per heavy atom. The zero-order valence-electron chi connectivity index (χ0n) is 15.1. The topological polar surface area (TPSA) is 24.5 Å². The Hall–Kier alpha value is -2.05. The zero-order valence-corrected chi connectivity index (χ0v) is 15.1. The van der Waals surface area contributed by atoms with Gasteiger partial charge in [-0.1, -0.05) is 26.0 Å². The highest BCUT2D eigenvalue weighted by molar-refractivity contribution is 5.35. The largest absolute Gasteiger partial charge is 0.457 e. The molecule has 0 aliphatic carbocycles. The highest BCUT2D eigenvalue weighted by atomic mass is 19.4. The van der Waals surface area contributed by atoms with Gasteiger partial charge in [-0.05, 0) is 55.1 Å². The predicted molar refractivity (Wildman–Crippen MR) is 97.5 cm³/mol. The Morgan fingerprint density at radius 2 is 1.42 bits per heavy atom. The fraction of sp³-hybridized carbons (Fsp3) is 0.400. The SMILES string of the molecule is CCN(CC)CCNCc1ccc(Oc2ccc(C(F)(F)F)cc2)cc1. The van der Waals surface area contributed by atoms with E-state index >= 15 is 0 Å². The first-order valence-electron chi connectivity index (χ1n) is 8.79. The van der Waals surface area contributed by atoms with Gasteiger partial charge in [-0.25, -0.2) is 0 Å². The molecular weight excluding hydrogens is 341 g/mol. The lowest BCUT2D eigenvalue weighted by Crippen LogP contribution is -2.31. The molecule has 0 aromatic heterocycles. The quantitative estimate of drug-likeness (QED) is 0.637. The lowest BCUT2D eigenvalue weighted by Gasteiger charge is -2.18. The van der Waals surface area contributed by atoms with Crippen molar-refractivity contribution in [3.63, 3.8) is 0 Å². The molecule has 2 aromatic carbocycles. The maximum Gasteiger partial charge on any atom is 0.416 e. The number of likely N-dealkylation sites (N-methyl/N-ethyl adjacent to an activating group) is 1. The number of halogens is 3. The van der Waals surface area contributed by atoms with Crippen molar-refractivity contribution in [2.75, 3.05) is 26.2 Å². The van der Waals surface area contributed by atoms with Gasteiger partial charge in [0.1, 0.15) is 11.5 Å². The van der Waals surface area contributed by atoms with Crippen LogP contribution in [-0.2, 0) is 12.7 Å². The van der Waals surface area contributed by atoms with Gasteiger partial charge in [-0.3, -0.25) is 0 Å². The zero-order chi connectivity index (χ0) is 19.0. The van der Waals surface area contributed by atoms with Crippen LogP contribution in [0.4, 0.5) is 13.2 Å². The number of rotatable bonds is 9. The summed E-state index contributed by atoms with van der Waals surface area (Å²) in [5, 5.41) is 3.40. The van der Waals surface area contributed by atoms with E-state index in [4.69, 9.17) is 4.74 Å². The van der Waals surface area contributed by atoms with Crippen LogP contribution in [0.2, 0.25) is 0 Å². The summed E-state index contributed by atoms with van der Waals surface area (Å²) in [6.45, 7) is 9.11. The van der Waals surface area contributed by atoms with Crippen LogP contribution in [0.25, 0.3) is 0 Å². The number of nitrogens with zero attached hydrogens (tertiary/aromatic N) is 1. The molecule has 0 aliphatic rings. The molecule has 0 atom stereocenters. The van der Waals surface area contributed by atoms with Gasteiger partial charge in [0.25, 0.3) is 0 Å². The van der Waals surface area contributed by atoms with E-state index in [0.29, 0.717) is 11.5 Å². The highest BCUT2D eigenvalue weighted by Gasteiger charge is 2.30. The molecule has 0 saturated carbocycles. The maximum absolute atomic E-state index is 12.6. The monoisotopic (exact) mass is 366 g/mol. The summed E-state index contributed by atoms with van der Waals surface area (Å²) < 4.78 is 43.3. The van der Waals surface area contributed by atoms with E-state index in [0.717, 1.165) is 50.4 Å². The Labute approximate surface area is 152 Å². The third kappa shape index (κ3) is 6.35. The first-order valence-corrected chi connectivity index (χ1v) is 8.79. The van der Waals surface area contributed by atoms with Crippen LogP contribution < -0.4 is 10.1 Å². The molecule has 2 aromatic rings. The van der Waals surface area contributed by atoms with Gasteiger partial charge in [-0.2, -0.15) is 13.2 Å². The van der Waals surface area contributed by atoms with Gasteiger partial charge in [-0.15, -0.1) is 0 Å². The first-order chi connectivity index (χ1) is 12.4. The van der Waals surface area contributed by atoms with Crippen molar-refractivity contribution in [1.29, 1.82) is 0 Å². The molecule has 0 radical (unpaired) electrons. The van der Waals surface area contributed by atoms with E-state index < -0.39 is 11.7 Å². The smallest absolute Gasteiger partial charge is 0.416 e. The molecule has 0 spiro atoms. The third-order valence-electron chi connectivity index (χ3n) is 4.17. The average Bonchev–Trinajstić information content (AvgIpc) is 2.63. The minimum atomic E-state index is -4.33. The maximum atomic E-state index is 12.6. The lowest BCUT2D eigenvalue weighted by atomic mass is 10.2. The van der Waals surface area contributed by atoms with Gasteiger partial charge in [0.15, 0.2) is 0 Å². The molecule has 6 heteroatoms. The number of alkyl halides is 3.